The molecule has 0 saturated heterocycles. The minimum atomic E-state index is -0.460. The highest BCUT2D eigenvalue weighted by atomic mass is 79.9. The third kappa shape index (κ3) is 3.42. The van der Waals surface area contributed by atoms with Crippen LogP contribution in [0.1, 0.15) is 30.9 Å². The van der Waals surface area contributed by atoms with Crippen molar-refractivity contribution in [2.45, 2.75) is 19.8 Å². The number of nitrogens with zero attached hydrogens (tertiary/aromatic N) is 2. The fourth-order valence-electron chi connectivity index (χ4n) is 3.43. The molecule has 1 aromatic carbocycles. The summed E-state index contributed by atoms with van der Waals surface area (Å²) in [5.41, 5.74) is 4.68. The molecular formula is C20H19BrN2O2. The second kappa shape index (κ2) is 7.31. The average molecular weight is 399 g/mol. The lowest BCUT2D eigenvalue weighted by molar-refractivity contribution is -0.143. The van der Waals surface area contributed by atoms with Crippen LogP contribution in [0.25, 0.3) is 5.57 Å². The molecule has 0 aliphatic carbocycles. The summed E-state index contributed by atoms with van der Waals surface area (Å²) in [6.07, 6.45) is 3.55. The smallest absolute Gasteiger partial charge is 0.315 e. The van der Waals surface area contributed by atoms with Gasteiger partial charge in [0.05, 0.1) is 7.11 Å². The molecule has 2 heterocycles. The molecule has 2 atom stereocenters. The number of benzene rings is 1. The first-order chi connectivity index (χ1) is 12.0. The van der Waals surface area contributed by atoms with E-state index in [0.717, 1.165) is 32.6 Å². The van der Waals surface area contributed by atoms with E-state index in [9.17, 15) is 4.79 Å². The van der Waals surface area contributed by atoms with Crippen LogP contribution in [0.2, 0.25) is 0 Å². The first kappa shape index (κ1) is 17.5. The fraction of sp³-hybridized carbons (Fsp3) is 0.250. The number of halogens is 1. The quantitative estimate of drug-likeness (QED) is 0.708. The van der Waals surface area contributed by atoms with Crippen LogP contribution in [0.5, 0.6) is 0 Å². The van der Waals surface area contributed by atoms with Gasteiger partial charge < -0.3 is 4.74 Å². The van der Waals surface area contributed by atoms with Gasteiger partial charge in [0.1, 0.15) is 5.92 Å². The van der Waals surface area contributed by atoms with Crippen LogP contribution < -0.4 is 0 Å². The van der Waals surface area contributed by atoms with Gasteiger partial charge in [-0.2, -0.15) is 0 Å². The Kier molecular flexibility index (Phi) is 5.13. The molecule has 1 aromatic heterocycles. The highest BCUT2D eigenvalue weighted by Crippen LogP contribution is 2.44. The molecule has 0 fully saturated rings. The van der Waals surface area contributed by atoms with Crippen LogP contribution in [-0.2, 0) is 9.53 Å². The van der Waals surface area contributed by atoms with Crippen molar-refractivity contribution in [2.75, 3.05) is 7.11 Å². The van der Waals surface area contributed by atoms with Crippen molar-refractivity contribution in [3.63, 3.8) is 0 Å². The number of aromatic nitrogens is 1. The van der Waals surface area contributed by atoms with E-state index in [1.807, 2.05) is 56.4 Å². The molecule has 0 saturated carbocycles. The zero-order chi connectivity index (χ0) is 18.0. The van der Waals surface area contributed by atoms with Crippen LogP contribution >= 0.6 is 15.9 Å². The first-order valence-corrected chi connectivity index (χ1v) is 8.82. The van der Waals surface area contributed by atoms with E-state index in [4.69, 9.17) is 4.74 Å². The predicted molar refractivity (Wildman–Crippen MR) is 102 cm³/mol. The molecule has 0 bridgehead atoms. The van der Waals surface area contributed by atoms with Crippen LogP contribution in [0.3, 0.4) is 0 Å². The van der Waals surface area contributed by atoms with Crippen LogP contribution in [-0.4, -0.2) is 23.8 Å². The second-order valence-corrected chi connectivity index (χ2v) is 6.94. The number of allylic oxidation sites excluding steroid dienone is 2. The van der Waals surface area contributed by atoms with E-state index >= 15 is 0 Å². The summed E-state index contributed by atoms with van der Waals surface area (Å²) in [6, 6.07) is 11.9. The number of aliphatic imine (C=N–C) groups is 1. The highest BCUT2D eigenvalue weighted by molar-refractivity contribution is 9.10. The third-order valence-electron chi connectivity index (χ3n) is 4.46. The Labute approximate surface area is 155 Å². The van der Waals surface area contributed by atoms with Crippen LogP contribution in [0.15, 0.2) is 64.0 Å². The minimum absolute atomic E-state index is 0.174. The van der Waals surface area contributed by atoms with Gasteiger partial charge in [0.2, 0.25) is 0 Å². The van der Waals surface area contributed by atoms with Gasteiger partial charge in [-0.3, -0.25) is 14.8 Å². The number of esters is 1. The van der Waals surface area contributed by atoms with Gasteiger partial charge in [0, 0.05) is 34.2 Å². The van der Waals surface area contributed by atoms with Gasteiger partial charge in [0.15, 0.2) is 0 Å². The maximum atomic E-state index is 12.6. The number of hydrogen-bond acceptors (Lipinski definition) is 4. The normalized spacial score (nSPS) is 20.2. The van der Waals surface area contributed by atoms with Gasteiger partial charge in [-0.1, -0.05) is 34.1 Å². The third-order valence-corrected chi connectivity index (χ3v) is 4.96. The Morgan fingerprint density at radius 1 is 1.20 bits per heavy atom. The fourth-order valence-corrected chi connectivity index (χ4v) is 3.85. The van der Waals surface area contributed by atoms with Crippen molar-refractivity contribution in [1.29, 1.82) is 0 Å². The molecule has 0 spiro atoms. The first-order valence-electron chi connectivity index (χ1n) is 8.02. The van der Waals surface area contributed by atoms with Crippen molar-refractivity contribution in [1.82, 2.24) is 4.98 Å². The molecule has 3 rings (SSSR count). The molecular weight excluding hydrogens is 380 g/mol. The van der Waals surface area contributed by atoms with Gasteiger partial charge in [0.25, 0.3) is 0 Å². The molecule has 2 aromatic rings. The number of rotatable bonds is 3. The summed E-state index contributed by atoms with van der Waals surface area (Å²) in [4.78, 5) is 21.5. The molecule has 1 aliphatic rings. The van der Waals surface area contributed by atoms with Crippen LogP contribution in [0.4, 0.5) is 0 Å². The Bertz CT molecular complexity index is 859. The van der Waals surface area contributed by atoms with E-state index in [0.29, 0.717) is 0 Å². The van der Waals surface area contributed by atoms with Crippen molar-refractivity contribution in [2.24, 2.45) is 10.9 Å². The number of pyridine rings is 1. The minimum Gasteiger partial charge on any atom is -0.468 e. The Hall–Kier alpha value is -2.27. The topological polar surface area (TPSA) is 51.5 Å². The molecule has 1 aliphatic heterocycles. The van der Waals surface area contributed by atoms with Gasteiger partial charge >= 0.3 is 5.97 Å². The SMILES string of the molecule is COC(=O)C1C(C)=NC(C)=C(c2cccnc2)C1c1cccc(Br)c1. The van der Waals surface area contributed by atoms with Crippen molar-refractivity contribution < 1.29 is 9.53 Å². The van der Waals surface area contributed by atoms with E-state index in [1.165, 1.54) is 7.11 Å². The summed E-state index contributed by atoms with van der Waals surface area (Å²) < 4.78 is 6.06. The van der Waals surface area contributed by atoms with E-state index in [1.54, 1.807) is 6.20 Å². The predicted octanol–water partition coefficient (Wildman–Crippen LogP) is 4.62. The summed E-state index contributed by atoms with van der Waals surface area (Å²) in [6.45, 7) is 3.86. The molecule has 128 valence electrons. The van der Waals surface area contributed by atoms with E-state index in [2.05, 4.69) is 25.9 Å². The van der Waals surface area contributed by atoms with Gasteiger partial charge in [-0.25, -0.2) is 0 Å². The molecule has 0 N–H and O–H groups in total. The number of carbonyl (C=O) groups excluding carboxylic acids is 1. The number of carbonyl (C=O) groups is 1. The van der Waals surface area contributed by atoms with Gasteiger partial charge in [-0.05, 0) is 48.7 Å². The average Bonchev–Trinajstić information content (AvgIpc) is 2.61. The van der Waals surface area contributed by atoms with Crippen LogP contribution in [0, 0.1) is 5.92 Å². The zero-order valence-electron chi connectivity index (χ0n) is 14.4. The molecule has 4 nitrogen and oxygen atoms in total. The van der Waals surface area contributed by atoms with E-state index in [-0.39, 0.29) is 11.9 Å². The Morgan fingerprint density at radius 2 is 2.00 bits per heavy atom. The Balaban J connectivity index is 2.24. The molecule has 0 radical (unpaired) electrons. The number of hydrogen-bond donors (Lipinski definition) is 0. The maximum absolute atomic E-state index is 12.6. The second-order valence-electron chi connectivity index (χ2n) is 6.03. The van der Waals surface area contributed by atoms with Crippen molar-refractivity contribution in [3.8, 4) is 0 Å². The van der Waals surface area contributed by atoms with Crippen molar-refractivity contribution >= 4 is 33.2 Å². The van der Waals surface area contributed by atoms with Crippen molar-refractivity contribution in [3.05, 3.63) is 70.1 Å². The molecule has 5 heteroatoms. The number of methoxy groups -OCH3 is 1. The lowest BCUT2D eigenvalue weighted by Gasteiger charge is -2.32. The summed E-state index contributed by atoms with van der Waals surface area (Å²) in [5.74, 6) is -0.912. The molecule has 2 unspecified atom stereocenters. The monoisotopic (exact) mass is 398 g/mol. The zero-order valence-corrected chi connectivity index (χ0v) is 15.9. The van der Waals surface area contributed by atoms with Gasteiger partial charge in [-0.15, -0.1) is 0 Å². The summed E-state index contributed by atoms with van der Waals surface area (Å²) in [7, 11) is 1.42. The molecule has 0 amide bonds. The Morgan fingerprint density at radius 3 is 2.64 bits per heavy atom. The summed E-state index contributed by atoms with van der Waals surface area (Å²) in [5, 5.41) is 0. The molecule has 25 heavy (non-hydrogen) atoms. The lowest BCUT2D eigenvalue weighted by atomic mass is 9.74. The number of ether oxygens (including phenoxy) is 1. The highest BCUT2D eigenvalue weighted by Gasteiger charge is 2.39. The largest absolute Gasteiger partial charge is 0.468 e. The lowest BCUT2D eigenvalue weighted by Crippen LogP contribution is -2.33. The standard InChI is InChI=1S/C20H19BrN2O2/c1-12-17(15-7-5-9-22-11-15)19(14-6-4-8-16(21)10-14)18(13(2)23-12)20(24)25-3/h4-11,18-19H,1-3H3. The maximum Gasteiger partial charge on any atom is 0.315 e. The summed E-state index contributed by atoms with van der Waals surface area (Å²) >= 11 is 3.53. The van der Waals surface area contributed by atoms with E-state index < -0.39 is 5.92 Å².